The van der Waals surface area contributed by atoms with Crippen molar-refractivity contribution in [1.29, 1.82) is 0 Å². The topological polar surface area (TPSA) is 88.0 Å². The van der Waals surface area contributed by atoms with Crippen LogP contribution in [0.5, 0.6) is 0 Å². The van der Waals surface area contributed by atoms with Crippen molar-refractivity contribution in [3.05, 3.63) is 20.7 Å². The van der Waals surface area contributed by atoms with Crippen LogP contribution < -0.4 is 15.9 Å². The normalized spacial score (nSPS) is 12.5. The molecule has 0 aliphatic rings. The van der Waals surface area contributed by atoms with Gasteiger partial charge in [-0.1, -0.05) is 11.3 Å². The third kappa shape index (κ3) is 3.00. The average Bonchev–Trinajstić information content (AvgIpc) is 2.47. The van der Waals surface area contributed by atoms with Crippen LogP contribution >= 0.6 is 11.3 Å². The Balaban J connectivity index is 2.44. The number of hydrogen-bond acceptors (Lipinski definition) is 4. The number of carbonyl (C=O) groups excluding carboxylic acids is 1. The minimum atomic E-state index is -0.523. The van der Waals surface area contributed by atoms with Crippen LogP contribution in [0.3, 0.4) is 0 Å². The van der Waals surface area contributed by atoms with Gasteiger partial charge in [0, 0.05) is 11.1 Å². The predicted octanol–water partition coefficient (Wildman–Crippen LogP) is -0.600. The number of hydrogen-bond donors (Lipinski definition) is 3. The molecular formula is C7H11N3O2S. The van der Waals surface area contributed by atoms with Crippen LogP contribution in [0.25, 0.3) is 0 Å². The van der Waals surface area contributed by atoms with Crippen LogP contribution in [0.15, 0.2) is 10.2 Å². The van der Waals surface area contributed by atoms with Crippen molar-refractivity contribution < 1.29 is 4.79 Å². The fourth-order valence-electron chi connectivity index (χ4n) is 0.744. The van der Waals surface area contributed by atoms with E-state index in [1.54, 1.807) is 12.3 Å². The molecule has 4 N–H and O–H groups in total. The molecule has 1 aromatic heterocycles. The summed E-state index contributed by atoms with van der Waals surface area (Å²) in [6.45, 7) is 1.92. The Morgan fingerprint density at radius 2 is 2.54 bits per heavy atom. The molecule has 0 aliphatic carbocycles. The average molecular weight is 201 g/mol. The third-order valence-corrected chi connectivity index (χ3v) is 2.16. The summed E-state index contributed by atoms with van der Waals surface area (Å²) in [4.78, 5) is 24.2. The van der Waals surface area contributed by atoms with Crippen molar-refractivity contribution in [3.8, 4) is 0 Å². The number of thiazole rings is 1. The molecule has 0 radical (unpaired) electrons. The summed E-state index contributed by atoms with van der Waals surface area (Å²) in [5.41, 5.74) is 6.02. The third-order valence-electron chi connectivity index (χ3n) is 1.44. The predicted molar refractivity (Wildman–Crippen MR) is 50.4 cm³/mol. The molecule has 1 amide bonds. The van der Waals surface area contributed by atoms with E-state index in [9.17, 15) is 9.59 Å². The molecule has 1 aromatic rings. The first-order valence-electron chi connectivity index (χ1n) is 3.79. The summed E-state index contributed by atoms with van der Waals surface area (Å²) < 4.78 is 0. The molecule has 13 heavy (non-hydrogen) atoms. The Labute approximate surface area is 79.0 Å². The van der Waals surface area contributed by atoms with Crippen molar-refractivity contribution in [3.63, 3.8) is 0 Å². The summed E-state index contributed by atoms with van der Waals surface area (Å²) in [5.74, 6) is -0.230. The van der Waals surface area contributed by atoms with E-state index in [4.69, 9.17) is 5.73 Å². The van der Waals surface area contributed by atoms with Crippen LogP contribution in [0.2, 0.25) is 0 Å². The van der Waals surface area contributed by atoms with E-state index in [0.717, 1.165) is 11.3 Å². The van der Waals surface area contributed by atoms with Crippen LogP contribution in [0, 0.1) is 0 Å². The number of amides is 1. The molecule has 0 saturated heterocycles. The zero-order valence-corrected chi connectivity index (χ0v) is 7.98. The Kier molecular flexibility index (Phi) is 3.21. The van der Waals surface area contributed by atoms with Gasteiger partial charge in [0.05, 0.1) is 12.6 Å². The summed E-state index contributed by atoms with van der Waals surface area (Å²) in [7, 11) is 0. The number of aromatic nitrogens is 1. The summed E-state index contributed by atoms with van der Waals surface area (Å²) in [6, 6.07) is -0.523. The van der Waals surface area contributed by atoms with Gasteiger partial charge in [0.2, 0.25) is 5.91 Å². The van der Waals surface area contributed by atoms with E-state index in [0.29, 0.717) is 12.2 Å². The van der Waals surface area contributed by atoms with Gasteiger partial charge in [-0.15, -0.1) is 0 Å². The summed E-state index contributed by atoms with van der Waals surface area (Å²) in [6.07, 6.45) is 0. The van der Waals surface area contributed by atoms with E-state index in [1.807, 2.05) is 0 Å². The van der Waals surface area contributed by atoms with Gasteiger partial charge in [-0.2, -0.15) is 0 Å². The highest BCUT2D eigenvalue weighted by atomic mass is 32.1. The molecule has 72 valence electrons. The van der Waals surface area contributed by atoms with Crippen molar-refractivity contribution in [2.24, 2.45) is 5.73 Å². The highest BCUT2D eigenvalue weighted by Crippen LogP contribution is 1.94. The first-order valence-corrected chi connectivity index (χ1v) is 4.67. The highest BCUT2D eigenvalue weighted by Gasteiger charge is 2.06. The van der Waals surface area contributed by atoms with Gasteiger partial charge < -0.3 is 16.0 Å². The van der Waals surface area contributed by atoms with Crippen molar-refractivity contribution in [1.82, 2.24) is 10.3 Å². The molecule has 0 spiro atoms. The van der Waals surface area contributed by atoms with Crippen LogP contribution in [0.4, 0.5) is 0 Å². The first-order chi connectivity index (χ1) is 6.09. The molecule has 6 heteroatoms. The second kappa shape index (κ2) is 4.20. The fraction of sp³-hybridized carbons (Fsp3) is 0.429. The molecule has 1 rings (SSSR count). The van der Waals surface area contributed by atoms with Gasteiger partial charge in [0.1, 0.15) is 0 Å². The molecule has 1 heterocycles. The fourth-order valence-corrected chi connectivity index (χ4v) is 1.33. The number of nitrogens with two attached hydrogens (primary N) is 1. The lowest BCUT2D eigenvalue weighted by atomic mass is 10.3. The standard InChI is InChI=1S/C7H11N3O2S/c1-4(8)6(11)9-2-5-3-13-7(12)10-5/h3-4H,2,8H2,1H3,(H,9,11)(H,10,12)/t4-/m0/s1. The van der Waals surface area contributed by atoms with Gasteiger partial charge in [-0.3, -0.25) is 9.59 Å². The zero-order valence-electron chi connectivity index (χ0n) is 7.16. The number of nitrogens with one attached hydrogen (secondary N) is 2. The lowest BCUT2D eigenvalue weighted by Crippen LogP contribution is -2.37. The molecule has 0 aliphatic heterocycles. The molecule has 5 nitrogen and oxygen atoms in total. The lowest BCUT2D eigenvalue weighted by Gasteiger charge is -2.05. The van der Waals surface area contributed by atoms with Gasteiger partial charge >= 0.3 is 4.87 Å². The maximum atomic E-state index is 11.0. The number of carbonyl (C=O) groups is 1. The maximum absolute atomic E-state index is 11.0. The quantitative estimate of drug-likeness (QED) is 0.610. The minimum absolute atomic E-state index is 0.120. The maximum Gasteiger partial charge on any atom is 0.304 e. The van der Waals surface area contributed by atoms with Crippen molar-refractivity contribution >= 4 is 17.2 Å². The second-order valence-corrected chi connectivity index (χ2v) is 3.52. The Bertz CT molecular complexity index is 342. The van der Waals surface area contributed by atoms with E-state index in [1.165, 1.54) is 0 Å². The highest BCUT2D eigenvalue weighted by molar-refractivity contribution is 7.07. The minimum Gasteiger partial charge on any atom is -0.349 e. The molecule has 0 aromatic carbocycles. The molecular weight excluding hydrogens is 190 g/mol. The number of H-pyrrole nitrogens is 1. The summed E-state index contributed by atoms with van der Waals surface area (Å²) in [5, 5.41) is 4.25. The first kappa shape index (κ1) is 9.94. The van der Waals surface area contributed by atoms with E-state index in [-0.39, 0.29) is 10.8 Å². The largest absolute Gasteiger partial charge is 0.349 e. The number of aromatic amines is 1. The Morgan fingerprint density at radius 3 is 3.00 bits per heavy atom. The molecule has 0 fully saturated rings. The Hall–Kier alpha value is -1.14. The Morgan fingerprint density at radius 1 is 1.85 bits per heavy atom. The van der Waals surface area contributed by atoms with Gasteiger partial charge in [0.25, 0.3) is 0 Å². The monoisotopic (exact) mass is 201 g/mol. The van der Waals surface area contributed by atoms with Crippen LogP contribution in [0.1, 0.15) is 12.6 Å². The zero-order chi connectivity index (χ0) is 9.84. The second-order valence-electron chi connectivity index (χ2n) is 2.68. The molecule has 1 atom stereocenters. The lowest BCUT2D eigenvalue weighted by molar-refractivity contribution is -0.122. The van der Waals surface area contributed by atoms with E-state index in [2.05, 4.69) is 10.3 Å². The molecule has 0 bridgehead atoms. The van der Waals surface area contributed by atoms with Gasteiger partial charge in [-0.25, -0.2) is 0 Å². The smallest absolute Gasteiger partial charge is 0.304 e. The van der Waals surface area contributed by atoms with Gasteiger partial charge in [0.15, 0.2) is 0 Å². The number of rotatable bonds is 3. The van der Waals surface area contributed by atoms with Crippen LogP contribution in [-0.4, -0.2) is 16.9 Å². The van der Waals surface area contributed by atoms with Gasteiger partial charge in [-0.05, 0) is 6.92 Å². The SMILES string of the molecule is C[C@H](N)C(=O)NCc1csc(=O)[nH]1. The summed E-state index contributed by atoms with van der Waals surface area (Å²) >= 11 is 1.07. The van der Waals surface area contributed by atoms with Crippen molar-refractivity contribution in [2.45, 2.75) is 19.5 Å². The van der Waals surface area contributed by atoms with Crippen molar-refractivity contribution in [2.75, 3.05) is 0 Å². The van der Waals surface area contributed by atoms with E-state index >= 15 is 0 Å². The van der Waals surface area contributed by atoms with E-state index < -0.39 is 6.04 Å². The van der Waals surface area contributed by atoms with Crippen LogP contribution in [-0.2, 0) is 11.3 Å². The molecule has 0 saturated carbocycles. The molecule has 0 unspecified atom stereocenters.